The molecule has 0 radical (unpaired) electrons. The number of anilines is 1. The molecule has 0 saturated heterocycles. The van der Waals surface area contributed by atoms with E-state index in [4.69, 9.17) is 34.8 Å². The van der Waals surface area contributed by atoms with Gasteiger partial charge in [-0.3, -0.25) is 4.79 Å². The van der Waals surface area contributed by atoms with E-state index in [1.54, 1.807) is 19.1 Å². The fourth-order valence-corrected chi connectivity index (χ4v) is 2.86. The highest BCUT2D eigenvalue weighted by atomic mass is 35.5. The number of aromatic nitrogens is 1. The maximum absolute atomic E-state index is 11.4. The molecule has 7 heteroatoms. The molecule has 0 fully saturated rings. The number of rotatable bonds is 2. The zero-order valence-electron chi connectivity index (χ0n) is 8.63. The van der Waals surface area contributed by atoms with Gasteiger partial charge in [0.2, 0.25) is 5.91 Å². The number of hydrogen-bond donors (Lipinski definition) is 1. The molecule has 0 unspecified atom stereocenters. The fourth-order valence-electron chi connectivity index (χ4n) is 1.22. The molecule has 0 aliphatic rings. The topological polar surface area (TPSA) is 42.0 Å². The lowest BCUT2D eigenvalue weighted by atomic mass is 10.3. The summed E-state index contributed by atoms with van der Waals surface area (Å²) in [7, 11) is 0. The van der Waals surface area contributed by atoms with Crippen molar-refractivity contribution < 1.29 is 4.79 Å². The van der Waals surface area contributed by atoms with Crippen LogP contribution in [0, 0.1) is 0 Å². The predicted octanol–water partition coefficient (Wildman–Crippen LogP) is 4.17. The van der Waals surface area contributed by atoms with E-state index in [1.807, 2.05) is 0 Å². The molecule has 0 spiro atoms. The number of halogens is 3. The molecular weight excluding hydrogens is 303 g/mol. The molecule has 90 valence electrons. The van der Waals surface area contributed by atoms with Crippen LogP contribution in [0.15, 0.2) is 12.1 Å². The lowest BCUT2D eigenvalue weighted by Gasteiger charge is -2.01. The lowest BCUT2D eigenvalue weighted by Crippen LogP contribution is -2.19. The van der Waals surface area contributed by atoms with Gasteiger partial charge in [0.05, 0.1) is 9.72 Å². The second-order valence-electron chi connectivity index (χ2n) is 3.36. The van der Waals surface area contributed by atoms with E-state index in [1.165, 1.54) is 11.3 Å². The largest absolute Gasteiger partial charge is 0.301 e. The van der Waals surface area contributed by atoms with Crippen molar-refractivity contribution in [1.29, 1.82) is 0 Å². The Labute approximate surface area is 117 Å². The van der Waals surface area contributed by atoms with Crippen molar-refractivity contribution in [2.45, 2.75) is 12.3 Å². The van der Waals surface area contributed by atoms with Crippen LogP contribution >= 0.6 is 46.1 Å². The Hall–Kier alpha value is -0.550. The maximum atomic E-state index is 11.4. The third-order valence-electron chi connectivity index (χ3n) is 2.00. The van der Waals surface area contributed by atoms with Gasteiger partial charge in [-0.05, 0) is 19.1 Å². The average Bonchev–Trinajstić information content (AvgIpc) is 2.60. The van der Waals surface area contributed by atoms with Gasteiger partial charge in [0.1, 0.15) is 10.9 Å². The second kappa shape index (κ2) is 4.98. The van der Waals surface area contributed by atoms with Crippen LogP contribution < -0.4 is 5.32 Å². The molecule has 1 N–H and O–H groups in total. The number of carbonyl (C=O) groups excluding carboxylic acids is 1. The molecule has 3 nitrogen and oxygen atoms in total. The summed E-state index contributed by atoms with van der Waals surface area (Å²) in [5, 5.41) is 3.46. The monoisotopic (exact) mass is 308 g/mol. The first-order chi connectivity index (χ1) is 7.97. The molecule has 1 aromatic carbocycles. The summed E-state index contributed by atoms with van der Waals surface area (Å²) in [6, 6.07) is 3.36. The van der Waals surface area contributed by atoms with Crippen molar-refractivity contribution in [1.82, 2.24) is 4.98 Å². The SMILES string of the molecule is C[C@@H](Cl)C(=O)Nc1nc2c(Cl)cc(Cl)cc2s1. The van der Waals surface area contributed by atoms with Gasteiger partial charge in [0.15, 0.2) is 5.13 Å². The molecule has 1 aromatic heterocycles. The van der Waals surface area contributed by atoms with Crippen LogP contribution in [0.4, 0.5) is 5.13 Å². The van der Waals surface area contributed by atoms with E-state index in [0.29, 0.717) is 20.7 Å². The minimum absolute atomic E-state index is 0.298. The Bertz CT molecular complexity index is 582. The summed E-state index contributed by atoms with van der Waals surface area (Å²) in [6.45, 7) is 1.59. The van der Waals surface area contributed by atoms with Gasteiger partial charge in [-0.1, -0.05) is 34.5 Å². The molecule has 0 aliphatic heterocycles. The van der Waals surface area contributed by atoms with Crippen LogP contribution in [0.25, 0.3) is 10.2 Å². The Kier molecular flexibility index (Phi) is 3.78. The number of carbonyl (C=O) groups is 1. The Morgan fingerprint density at radius 1 is 1.47 bits per heavy atom. The normalized spacial score (nSPS) is 12.7. The minimum Gasteiger partial charge on any atom is -0.301 e. The Balaban J connectivity index is 2.38. The molecule has 0 bridgehead atoms. The predicted molar refractivity (Wildman–Crippen MR) is 73.6 cm³/mol. The number of thiazole rings is 1. The lowest BCUT2D eigenvalue weighted by molar-refractivity contribution is -0.115. The second-order valence-corrected chi connectivity index (χ2v) is 5.89. The first kappa shape index (κ1) is 12.9. The van der Waals surface area contributed by atoms with Crippen molar-refractivity contribution in [3.8, 4) is 0 Å². The van der Waals surface area contributed by atoms with Gasteiger partial charge in [-0.2, -0.15) is 0 Å². The van der Waals surface area contributed by atoms with Gasteiger partial charge >= 0.3 is 0 Å². The average molecular weight is 310 g/mol. The van der Waals surface area contributed by atoms with Crippen molar-refractivity contribution in [2.75, 3.05) is 5.32 Å². The highest BCUT2D eigenvalue weighted by Gasteiger charge is 2.13. The zero-order chi connectivity index (χ0) is 12.6. The van der Waals surface area contributed by atoms with E-state index in [0.717, 1.165) is 4.70 Å². The summed E-state index contributed by atoms with van der Waals surface area (Å²) in [5.74, 6) is -0.298. The molecule has 1 heterocycles. The number of alkyl halides is 1. The Morgan fingerprint density at radius 3 is 2.82 bits per heavy atom. The van der Waals surface area contributed by atoms with Crippen molar-refractivity contribution in [2.24, 2.45) is 0 Å². The zero-order valence-corrected chi connectivity index (χ0v) is 11.7. The molecule has 0 aliphatic carbocycles. The summed E-state index contributed by atoms with van der Waals surface area (Å²) in [6.07, 6.45) is 0. The highest BCUT2D eigenvalue weighted by molar-refractivity contribution is 7.22. The van der Waals surface area contributed by atoms with Crippen molar-refractivity contribution in [3.05, 3.63) is 22.2 Å². The number of benzene rings is 1. The van der Waals surface area contributed by atoms with Crippen molar-refractivity contribution in [3.63, 3.8) is 0 Å². The minimum atomic E-state index is -0.610. The molecular formula is C10H7Cl3N2OS. The first-order valence-corrected chi connectivity index (χ1v) is 6.69. The molecule has 1 atom stereocenters. The summed E-state index contributed by atoms with van der Waals surface area (Å²) < 4.78 is 0.819. The van der Waals surface area contributed by atoms with Crippen LogP contribution in [0.1, 0.15) is 6.92 Å². The van der Waals surface area contributed by atoms with Gasteiger partial charge < -0.3 is 5.32 Å². The van der Waals surface area contributed by atoms with Crippen LogP contribution in [-0.2, 0) is 4.79 Å². The van der Waals surface area contributed by atoms with E-state index in [2.05, 4.69) is 10.3 Å². The van der Waals surface area contributed by atoms with Crippen LogP contribution in [0.2, 0.25) is 10.0 Å². The molecule has 1 amide bonds. The van der Waals surface area contributed by atoms with Gasteiger partial charge in [-0.15, -0.1) is 11.6 Å². The van der Waals surface area contributed by atoms with E-state index < -0.39 is 5.38 Å². The van der Waals surface area contributed by atoms with E-state index >= 15 is 0 Å². The molecule has 2 aromatic rings. The van der Waals surface area contributed by atoms with Crippen molar-refractivity contribution >= 4 is 67.4 Å². The van der Waals surface area contributed by atoms with Gasteiger partial charge in [0, 0.05) is 5.02 Å². The maximum Gasteiger partial charge on any atom is 0.243 e. The van der Waals surface area contributed by atoms with Crippen LogP contribution in [-0.4, -0.2) is 16.3 Å². The number of nitrogens with one attached hydrogen (secondary N) is 1. The smallest absolute Gasteiger partial charge is 0.243 e. The van der Waals surface area contributed by atoms with E-state index in [9.17, 15) is 4.79 Å². The molecule has 0 saturated carbocycles. The third-order valence-corrected chi connectivity index (χ3v) is 3.63. The number of nitrogens with zero attached hydrogens (tertiary/aromatic N) is 1. The first-order valence-electron chi connectivity index (χ1n) is 4.68. The van der Waals surface area contributed by atoms with Crippen LogP contribution in [0.5, 0.6) is 0 Å². The number of amides is 1. The molecule has 17 heavy (non-hydrogen) atoms. The summed E-state index contributed by atoms with van der Waals surface area (Å²) >= 11 is 18.8. The quantitative estimate of drug-likeness (QED) is 0.846. The van der Waals surface area contributed by atoms with Gasteiger partial charge in [0.25, 0.3) is 0 Å². The standard InChI is InChI=1S/C10H7Cl3N2OS/c1-4(11)9(16)15-10-14-8-6(13)2-5(12)3-7(8)17-10/h2-4H,1H3,(H,14,15,16)/t4-/m1/s1. The Morgan fingerprint density at radius 2 is 2.18 bits per heavy atom. The molecule has 2 rings (SSSR count). The number of hydrogen-bond acceptors (Lipinski definition) is 3. The van der Waals surface area contributed by atoms with E-state index in [-0.39, 0.29) is 5.91 Å². The summed E-state index contributed by atoms with van der Waals surface area (Å²) in [4.78, 5) is 15.6. The van der Waals surface area contributed by atoms with Gasteiger partial charge in [-0.25, -0.2) is 4.98 Å². The van der Waals surface area contributed by atoms with Crippen LogP contribution in [0.3, 0.4) is 0 Å². The fraction of sp³-hybridized carbons (Fsp3) is 0.200. The highest BCUT2D eigenvalue weighted by Crippen LogP contribution is 2.33. The third kappa shape index (κ3) is 2.83. The summed E-state index contributed by atoms with van der Waals surface area (Å²) in [5.41, 5.74) is 0.624. The number of fused-ring (bicyclic) bond motifs is 1.